The quantitative estimate of drug-likeness (QED) is 0.297. The van der Waals surface area contributed by atoms with Gasteiger partial charge in [0.15, 0.2) is 0 Å². The zero-order valence-electron chi connectivity index (χ0n) is 23.4. The Balaban J connectivity index is 1.28. The van der Waals surface area contributed by atoms with Crippen LogP contribution in [-0.4, -0.2) is 86.0 Å². The summed E-state index contributed by atoms with van der Waals surface area (Å²) in [7, 11) is 0. The molecule has 0 aliphatic carbocycles. The molecule has 4 aliphatic heterocycles. The summed E-state index contributed by atoms with van der Waals surface area (Å²) in [6.07, 6.45) is 3.53. The van der Waals surface area contributed by atoms with Crippen molar-refractivity contribution in [2.24, 2.45) is 0 Å². The first-order chi connectivity index (χ1) is 20.8. The number of aromatic nitrogens is 2. The first kappa shape index (κ1) is 27.5. The fourth-order valence-corrected chi connectivity index (χ4v) is 10.1. The number of nitriles is 1. The summed E-state index contributed by atoms with van der Waals surface area (Å²) >= 11 is 6.67. The van der Waals surface area contributed by atoms with Crippen molar-refractivity contribution in [1.82, 2.24) is 20.2 Å². The molecule has 4 saturated heterocycles. The number of fused-ring (bicyclic) bond motifs is 5. The zero-order chi connectivity index (χ0) is 29.5. The number of halogens is 3. The van der Waals surface area contributed by atoms with Crippen LogP contribution < -0.4 is 20.7 Å². The second kappa shape index (κ2) is 10.3. The predicted molar refractivity (Wildman–Crippen MR) is 164 cm³/mol. The van der Waals surface area contributed by atoms with Gasteiger partial charge < -0.3 is 0 Å². The molecule has 2 aromatic heterocycles. The number of nitrogens with zero attached hydrogens (tertiary/aromatic N) is 5. The molecule has 2 bridgehead atoms. The maximum atomic E-state index is 16.9. The van der Waals surface area contributed by atoms with E-state index in [0.717, 1.165) is 49.6 Å². The SMILES string of the molecule is N#Cc1c(N)[se]c2cccc(-c3c(Cl)cc4c(N5C[C@H]6CC[C@@H](C5)N6)nc(OC[C@@]56CCCN5C[C@H](F)C6)nc4c3F)c12. The van der Waals surface area contributed by atoms with Crippen molar-refractivity contribution in [2.45, 2.75) is 55.9 Å². The molecule has 43 heavy (non-hydrogen) atoms. The van der Waals surface area contributed by atoms with E-state index >= 15 is 4.39 Å². The van der Waals surface area contributed by atoms with Crippen LogP contribution in [0, 0.1) is 17.1 Å². The van der Waals surface area contributed by atoms with E-state index in [0.29, 0.717) is 57.3 Å². The van der Waals surface area contributed by atoms with Gasteiger partial charge in [0.05, 0.1) is 0 Å². The van der Waals surface area contributed by atoms with Crippen molar-refractivity contribution in [2.75, 3.05) is 43.4 Å². The summed E-state index contributed by atoms with van der Waals surface area (Å²) in [5, 5.41) is 14.9. The van der Waals surface area contributed by atoms with Crippen LogP contribution in [0.3, 0.4) is 0 Å². The van der Waals surface area contributed by atoms with Crippen LogP contribution in [0.15, 0.2) is 24.3 Å². The Labute approximate surface area is 258 Å². The second-order valence-corrected chi connectivity index (χ2v) is 15.0. The molecule has 8 nitrogen and oxygen atoms in total. The van der Waals surface area contributed by atoms with Crippen LogP contribution in [0.25, 0.3) is 31.7 Å². The van der Waals surface area contributed by atoms with Gasteiger partial charge in [0.2, 0.25) is 0 Å². The molecule has 4 aromatic rings. The molecule has 0 saturated carbocycles. The Kier molecular flexibility index (Phi) is 6.59. The number of anilines is 2. The van der Waals surface area contributed by atoms with Crippen LogP contribution in [0.5, 0.6) is 6.01 Å². The van der Waals surface area contributed by atoms with Crippen LogP contribution in [0.4, 0.5) is 19.2 Å². The topological polar surface area (TPSA) is 103 Å². The van der Waals surface area contributed by atoms with Crippen molar-refractivity contribution >= 4 is 57.0 Å². The van der Waals surface area contributed by atoms with Crippen molar-refractivity contribution in [3.8, 4) is 23.2 Å². The third-order valence-corrected chi connectivity index (χ3v) is 12.1. The molecule has 6 heterocycles. The van der Waals surface area contributed by atoms with Crippen molar-refractivity contribution in [1.29, 1.82) is 5.26 Å². The van der Waals surface area contributed by atoms with Gasteiger partial charge in [-0.2, -0.15) is 0 Å². The van der Waals surface area contributed by atoms with E-state index in [1.165, 1.54) is 0 Å². The Bertz CT molecular complexity index is 1820. The summed E-state index contributed by atoms with van der Waals surface area (Å²) in [6.45, 7) is 2.97. The summed E-state index contributed by atoms with van der Waals surface area (Å²) in [5.74, 6) is -0.00657. The minimum atomic E-state index is -0.884. The van der Waals surface area contributed by atoms with Crippen LogP contribution >= 0.6 is 11.6 Å². The molecule has 4 aliphatic rings. The fraction of sp³-hybridized carbons (Fsp3) is 0.452. The molecule has 222 valence electrons. The van der Waals surface area contributed by atoms with Gasteiger partial charge in [0, 0.05) is 6.54 Å². The average molecular weight is 669 g/mol. The van der Waals surface area contributed by atoms with Gasteiger partial charge in [-0.15, -0.1) is 0 Å². The first-order valence-electron chi connectivity index (χ1n) is 14.8. The van der Waals surface area contributed by atoms with Gasteiger partial charge in [-0.1, -0.05) is 0 Å². The number of nitrogens with two attached hydrogens (primary N) is 1. The molecule has 3 N–H and O–H groups in total. The van der Waals surface area contributed by atoms with Gasteiger partial charge in [0.25, 0.3) is 0 Å². The summed E-state index contributed by atoms with van der Waals surface area (Å²) in [6, 6.07) is 10.2. The van der Waals surface area contributed by atoms with Gasteiger partial charge in [-0.05, 0) is 13.0 Å². The van der Waals surface area contributed by atoms with Gasteiger partial charge in [-0.25, -0.2) is 4.39 Å². The number of nitrogen functional groups attached to an aromatic ring is 1. The molecule has 0 unspecified atom stereocenters. The molecule has 4 atom stereocenters. The number of ether oxygens (including phenoxy) is 1. The van der Waals surface area contributed by atoms with Crippen molar-refractivity contribution < 1.29 is 13.5 Å². The van der Waals surface area contributed by atoms with Gasteiger partial charge in [0.1, 0.15) is 6.17 Å². The monoisotopic (exact) mass is 669 g/mol. The minimum absolute atomic E-state index is 0.0764. The number of hydrogen-bond donors (Lipinski definition) is 2. The maximum absolute atomic E-state index is 16.9. The molecule has 8 rings (SSSR count). The standard InChI is InChI=1S/C31H30ClF2N7OSe/c32-22-9-20-27(26(34)25(22)19-3-1-4-23-24(19)21(11-35)28(36)43-23)38-30(39-29(20)40-13-17-5-6-18(14-40)37-17)42-15-31-7-2-8-41(31)12-16(33)10-31/h1,3-4,9,16-18,37H,2,5-8,10,12-15,36H2/t16-,17-,18+,31+/m1/s1. The summed E-state index contributed by atoms with van der Waals surface area (Å²) < 4.78 is 39.0. The van der Waals surface area contributed by atoms with Crippen molar-refractivity contribution in [3.63, 3.8) is 0 Å². The van der Waals surface area contributed by atoms with E-state index in [4.69, 9.17) is 27.1 Å². The van der Waals surface area contributed by atoms with E-state index < -0.39 is 12.0 Å². The van der Waals surface area contributed by atoms with E-state index in [2.05, 4.69) is 26.2 Å². The molecular formula is C31H30ClF2N7OSe. The van der Waals surface area contributed by atoms with Crippen LogP contribution in [0.2, 0.25) is 5.02 Å². The molecule has 2 aromatic carbocycles. The molecular weight excluding hydrogens is 639 g/mol. The summed E-state index contributed by atoms with van der Waals surface area (Å²) in [4.78, 5) is 13.8. The first-order valence-corrected chi connectivity index (χ1v) is 16.9. The van der Waals surface area contributed by atoms with Crippen molar-refractivity contribution in [3.05, 3.63) is 40.7 Å². The van der Waals surface area contributed by atoms with E-state index in [-0.39, 0.29) is 48.8 Å². The van der Waals surface area contributed by atoms with Gasteiger partial charge in [-0.3, -0.25) is 0 Å². The molecule has 0 radical (unpaired) electrons. The van der Waals surface area contributed by atoms with E-state index in [1.54, 1.807) is 12.1 Å². The number of piperazine rings is 1. The third-order valence-electron chi connectivity index (χ3n) is 9.71. The second-order valence-electron chi connectivity index (χ2n) is 12.3. The molecule has 12 heteroatoms. The number of benzene rings is 2. The number of rotatable bonds is 5. The fourth-order valence-electron chi connectivity index (χ4n) is 7.82. The Hall–Kier alpha value is -3.00. The normalized spacial score (nSPS) is 26.8. The van der Waals surface area contributed by atoms with E-state index in [1.807, 2.05) is 12.1 Å². The Morgan fingerprint density at radius 2 is 2.05 bits per heavy atom. The average Bonchev–Trinajstić information content (AvgIpc) is 3.71. The molecule has 4 fully saturated rings. The Morgan fingerprint density at radius 3 is 2.84 bits per heavy atom. The molecule has 0 amide bonds. The number of alkyl halides is 1. The van der Waals surface area contributed by atoms with Crippen LogP contribution in [-0.2, 0) is 0 Å². The number of nitrogens with one attached hydrogen (secondary N) is 1. The number of hydrogen-bond acceptors (Lipinski definition) is 8. The molecule has 0 spiro atoms. The van der Waals surface area contributed by atoms with Gasteiger partial charge >= 0.3 is 229 Å². The van der Waals surface area contributed by atoms with Crippen LogP contribution in [0.1, 0.15) is 37.7 Å². The zero-order valence-corrected chi connectivity index (χ0v) is 25.8. The predicted octanol–water partition coefficient (Wildman–Crippen LogP) is 4.65. The Morgan fingerprint density at radius 1 is 1.23 bits per heavy atom. The third kappa shape index (κ3) is 4.41. The van der Waals surface area contributed by atoms with E-state index in [9.17, 15) is 9.65 Å². The summed E-state index contributed by atoms with van der Waals surface area (Å²) in [5.41, 5.74) is 7.00.